The van der Waals surface area contributed by atoms with Crippen molar-refractivity contribution < 1.29 is 13.6 Å². The zero-order chi connectivity index (χ0) is 18.5. The topological polar surface area (TPSA) is 71.0 Å². The van der Waals surface area contributed by atoms with Crippen molar-refractivity contribution in [2.45, 2.75) is 44.4 Å². The highest BCUT2D eigenvalue weighted by atomic mass is 19.3. The highest BCUT2D eigenvalue weighted by Gasteiger charge is 2.52. The molecule has 2 aliphatic rings. The van der Waals surface area contributed by atoms with E-state index in [1.807, 2.05) is 4.90 Å². The standard InChI is InChI=1S/C18H19F2N5O/c1-3-15(26)23-13-8-12-11(9-22-13)18(5-6-18)10-25(12)14-4-7-21-16(24-14)17(2,19)20/h4,7-9H,3,5-6,10H2,1-2H3,(H,22,23,26). The van der Waals surface area contributed by atoms with Crippen molar-refractivity contribution in [3.63, 3.8) is 0 Å². The Morgan fingerprint density at radius 1 is 1.38 bits per heavy atom. The maximum absolute atomic E-state index is 13.6. The van der Waals surface area contributed by atoms with Crippen LogP contribution in [0.2, 0.25) is 0 Å². The van der Waals surface area contributed by atoms with Gasteiger partial charge in [0.2, 0.25) is 11.7 Å². The number of anilines is 3. The molecule has 1 aliphatic heterocycles. The molecular formula is C18H19F2N5O. The number of nitrogens with one attached hydrogen (secondary N) is 1. The fourth-order valence-electron chi connectivity index (χ4n) is 3.34. The summed E-state index contributed by atoms with van der Waals surface area (Å²) >= 11 is 0. The van der Waals surface area contributed by atoms with Gasteiger partial charge in [0.15, 0.2) is 0 Å². The van der Waals surface area contributed by atoms with E-state index in [-0.39, 0.29) is 11.3 Å². The lowest BCUT2D eigenvalue weighted by atomic mass is 10.0. The van der Waals surface area contributed by atoms with Gasteiger partial charge >= 0.3 is 5.92 Å². The van der Waals surface area contributed by atoms with Gasteiger partial charge in [-0.2, -0.15) is 8.78 Å². The van der Waals surface area contributed by atoms with E-state index in [9.17, 15) is 13.6 Å². The third kappa shape index (κ3) is 2.79. The van der Waals surface area contributed by atoms with Crippen molar-refractivity contribution in [1.29, 1.82) is 0 Å². The lowest BCUT2D eigenvalue weighted by molar-refractivity contribution is -0.115. The Bertz CT molecular complexity index is 876. The Morgan fingerprint density at radius 3 is 2.81 bits per heavy atom. The Balaban J connectivity index is 1.74. The Hall–Kier alpha value is -2.64. The number of alkyl halides is 2. The number of hydrogen-bond donors (Lipinski definition) is 1. The number of nitrogens with zero attached hydrogens (tertiary/aromatic N) is 4. The molecule has 0 radical (unpaired) electrons. The van der Waals surface area contributed by atoms with Crippen LogP contribution in [0.5, 0.6) is 0 Å². The molecule has 1 saturated carbocycles. The van der Waals surface area contributed by atoms with Gasteiger partial charge in [-0.3, -0.25) is 4.79 Å². The minimum Gasteiger partial charge on any atom is -0.325 e. The summed E-state index contributed by atoms with van der Waals surface area (Å²) in [5.41, 5.74) is 1.94. The van der Waals surface area contributed by atoms with Crippen LogP contribution in [0.4, 0.5) is 26.1 Å². The normalized spacial score (nSPS) is 17.3. The number of hydrogen-bond acceptors (Lipinski definition) is 5. The van der Waals surface area contributed by atoms with Gasteiger partial charge in [-0.05, 0) is 18.9 Å². The van der Waals surface area contributed by atoms with Gasteiger partial charge in [0.05, 0.1) is 5.69 Å². The van der Waals surface area contributed by atoms with Gasteiger partial charge in [0.25, 0.3) is 0 Å². The molecule has 6 nitrogen and oxygen atoms in total. The molecule has 1 amide bonds. The van der Waals surface area contributed by atoms with Crippen molar-refractivity contribution >= 4 is 23.2 Å². The first kappa shape index (κ1) is 16.8. The molecule has 0 bridgehead atoms. The van der Waals surface area contributed by atoms with E-state index in [4.69, 9.17) is 0 Å². The van der Waals surface area contributed by atoms with E-state index < -0.39 is 11.7 Å². The summed E-state index contributed by atoms with van der Waals surface area (Å²) in [6.45, 7) is 3.22. The minimum atomic E-state index is -3.10. The molecule has 2 aromatic rings. The van der Waals surface area contributed by atoms with Crippen molar-refractivity contribution in [1.82, 2.24) is 15.0 Å². The SMILES string of the molecule is CCC(=O)Nc1cc2c(cn1)C1(CC1)CN2c1ccnc(C(C)(F)F)n1. The van der Waals surface area contributed by atoms with Crippen LogP contribution in [-0.4, -0.2) is 27.4 Å². The highest BCUT2D eigenvalue weighted by Crippen LogP contribution is 2.58. The first-order chi connectivity index (χ1) is 12.3. The van der Waals surface area contributed by atoms with Crippen LogP contribution in [0.1, 0.15) is 44.5 Å². The van der Waals surface area contributed by atoms with Gasteiger partial charge in [0, 0.05) is 49.3 Å². The zero-order valence-electron chi connectivity index (χ0n) is 14.6. The number of fused-ring (bicyclic) bond motifs is 2. The molecule has 4 rings (SSSR count). The molecule has 26 heavy (non-hydrogen) atoms. The number of pyridine rings is 1. The summed E-state index contributed by atoms with van der Waals surface area (Å²) in [7, 11) is 0. The summed E-state index contributed by atoms with van der Waals surface area (Å²) < 4.78 is 27.3. The predicted molar refractivity (Wildman–Crippen MR) is 92.7 cm³/mol. The first-order valence-corrected chi connectivity index (χ1v) is 8.62. The average Bonchev–Trinajstić information content (AvgIpc) is 3.32. The van der Waals surface area contributed by atoms with Crippen molar-refractivity contribution in [2.24, 2.45) is 0 Å². The zero-order valence-corrected chi connectivity index (χ0v) is 14.6. The number of halogens is 2. The smallest absolute Gasteiger partial charge is 0.303 e. The number of amides is 1. The molecule has 2 aromatic heterocycles. The second kappa shape index (κ2) is 5.69. The second-order valence-corrected chi connectivity index (χ2v) is 6.98. The molecule has 0 saturated heterocycles. The van der Waals surface area contributed by atoms with Crippen LogP contribution in [0, 0.1) is 0 Å². The molecular weight excluding hydrogens is 340 g/mol. The van der Waals surface area contributed by atoms with Crippen LogP contribution in [0.3, 0.4) is 0 Å². The van der Waals surface area contributed by atoms with Crippen molar-refractivity contribution in [2.75, 3.05) is 16.8 Å². The summed E-state index contributed by atoms with van der Waals surface area (Å²) in [6, 6.07) is 3.42. The number of carbonyl (C=O) groups is 1. The largest absolute Gasteiger partial charge is 0.325 e. The van der Waals surface area contributed by atoms with Crippen LogP contribution < -0.4 is 10.2 Å². The minimum absolute atomic E-state index is 0.00940. The van der Waals surface area contributed by atoms with Gasteiger partial charge < -0.3 is 10.2 Å². The molecule has 1 spiro atoms. The van der Waals surface area contributed by atoms with Gasteiger partial charge in [0.1, 0.15) is 11.6 Å². The number of aromatic nitrogens is 3. The summed E-state index contributed by atoms with van der Waals surface area (Å²) in [5.74, 6) is -2.84. The molecule has 136 valence electrons. The van der Waals surface area contributed by atoms with Crippen LogP contribution >= 0.6 is 0 Å². The molecule has 0 atom stereocenters. The molecule has 0 aromatic carbocycles. The van der Waals surface area contributed by atoms with E-state index in [0.29, 0.717) is 24.6 Å². The molecule has 1 fully saturated rings. The Morgan fingerprint density at radius 2 is 2.15 bits per heavy atom. The second-order valence-electron chi connectivity index (χ2n) is 6.98. The van der Waals surface area contributed by atoms with Crippen molar-refractivity contribution in [3.8, 4) is 0 Å². The van der Waals surface area contributed by atoms with Crippen molar-refractivity contribution in [3.05, 3.63) is 35.9 Å². The van der Waals surface area contributed by atoms with E-state index >= 15 is 0 Å². The molecule has 1 aliphatic carbocycles. The fourth-order valence-corrected chi connectivity index (χ4v) is 3.34. The molecule has 1 N–H and O–H groups in total. The summed E-state index contributed by atoms with van der Waals surface area (Å²) in [5, 5.41) is 2.75. The molecule has 8 heteroatoms. The quantitative estimate of drug-likeness (QED) is 0.904. The third-order valence-electron chi connectivity index (χ3n) is 4.96. The van der Waals surface area contributed by atoms with Gasteiger partial charge in [-0.25, -0.2) is 15.0 Å². The Kier molecular flexibility index (Phi) is 3.68. The maximum Gasteiger partial charge on any atom is 0.303 e. The fraction of sp³-hybridized carbons (Fsp3) is 0.444. The maximum atomic E-state index is 13.6. The third-order valence-corrected chi connectivity index (χ3v) is 4.96. The van der Waals surface area contributed by atoms with Gasteiger partial charge in [-0.15, -0.1) is 0 Å². The summed E-state index contributed by atoms with van der Waals surface area (Å²) in [6.07, 6.45) is 5.55. The molecule has 0 unspecified atom stereocenters. The van der Waals surface area contributed by atoms with E-state index in [2.05, 4.69) is 20.3 Å². The van der Waals surface area contributed by atoms with Crippen LogP contribution in [-0.2, 0) is 16.1 Å². The Labute approximate surface area is 149 Å². The van der Waals surface area contributed by atoms with E-state index in [1.165, 1.54) is 6.20 Å². The average molecular weight is 359 g/mol. The molecule has 3 heterocycles. The number of carbonyl (C=O) groups excluding carboxylic acids is 1. The summed E-state index contributed by atoms with van der Waals surface area (Å²) in [4.78, 5) is 25.7. The predicted octanol–water partition coefficient (Wildman–Crippen LogP) is 3.52. The van der Waals surface area contributed by atoms with Gasteiger partial charge in [-0.1, -0.05) is 6.92 Å². The van der Waals surface area contributed by atoms with E-state index in [0.717, 1.165) is 31.0 Å². The monoisotopic (exact) mass is 359 g/mol. The van der Waals surface area contributed by atoms with E-state index in [1.54, 1.807) is 25.3 Å². The lowest BCUT2D eigenvalue weighted by Crippen LogP contribution is -2.22. The first-order valence-electron chi connectivity index (χ1n) is 8.62. The lowest BCUT2D eigenvalue weighted by Gasteiger charge is -2.20. The van der Waals surface area contributed by atoms with Crippen LogP contribution in [0.15, 0.2) is 24.5 Å². The van der Waals surface area contributed by atoms with Crippen LogP contribution in [0.25, 0.3) is 0 Å². The number of rotatable bonds is 4. The highest BCUT2D eigenvalue weighted by molar-refractivity contribution is 5.90.